The third-order valence-corrected chi connectivity index (χ3v) is 3.39. The van der Waals surface area contributed by atoms with E-state index < -0.39 is 0 Å². The van der Waals surface area contributed by atoms with E-state index in [0.717, 1.165) is 5.56 Å². The van der Waals surface area contributed by atoms with E-state index in [-0.39, 0.29) is 16.7 Å². The molecule has 7 heteroatoms. The van der Waals surface area contributed by atoms with Crippen LogP contribution in [-0.4, -0.2) is 9.97 Å². The number of benzene rings is 1. The van der Waals surface area contributed by atoms with E-state index in [1.807, 2.05) is 0 Å². The van der Waals surface area contributed by atoms with Crippen molar-refractivity contribution in [2.24, 2.45) is 0 Å². The third-order valence-electron chi connectivity index (χ3n) is 2.28. The highest BCUT2D eigenvalue weighted by Crippen LogP contribution is 2.25. The lowest BCUT2D eigenvalue weighted by Crippen LogP contribution is -2.05. The van der Waals surface area contributed by atoms with Gasteiger partial charge in [-0.05, 0) is 17.7 Å². The number of nitrogens with one attached hydrogen (secondary N) is 1. The molecule has 0 aliphatic rings. The number of hydrogen-bond acceptors (Lipinski definition) is 4. The average Bonchev–Trinajstić information content (AvgIpc) is 2.33. The standard InChI is InChI=1S/C11H9BrClFN4/c12-8-3-7(14)2-1-6(8)4-16-11-9(13)10(15)17-5-18-11/h1-3,5H,4H2,(H3,15,16,17,18). The fourth-order valence-electron chi connectivity index (χ4n) is 1.35. The lowest BCUT2D eigenvalue weighted by atomic mass is 10.2. The van der Waals surface area contributed by atoms with Gasteiger partial charge in [0.15, 0.2) is 5.82 Å². The largest absolute Gasteiger partial charge is 0.382 e. The Hall–Kier alpha value is -1.40. The van der Waals surface area contributed by atoms with E-state index in [2.05, 4.69) is 31.2 Å². The number of hydrogen-bond donors (Lipinski definition) is 2. The second-order valence-electron chi connectivity index (χ2n) is 3.51. The van der Waals surface area contributed by atoms with Gasteiger partial charge in [-0.2, -0.15) is 0 Å². The summed E-state index contributed by atoms with van der Waals surface area (Å²) in [6, 6.07) is 4.45. The first-order valence-corrected chi connectivity index (χ1v) is 6.19. The zero-order chi connectivity index (χ0) is 13.1. The van der Waals surface area contributed by atoms with Gasteiger partial charge in [-0.1, -0.05) is 33.6 Å². The monoisotopic (exact) mass is 330 g/mol. The Bertz CT molecular complexity index is 579. The maximum Gasteiger partial charge on any atom is 0.150 e. The number of nitrogens with zero attached hydrogens (tertiary/aromatic N) is 2. The molecule has 1 aromatic carbocycles. The maximum atomic E-state index is 12.9. The van der Waals surface area contributed by atoms with Crippen LogP contribution >= 0.6 is 27.5 Å². The third kappa shape index (κ3) is 2.88. The fraction of sp³-hybridized carbons (Fsp3) is 0.0909. The smallest absolute Gasteiger partial charge is 0.150 e. The van der Waals surface area contributed by atoms with Crippen molar-refractivity contribution in [2.45, 2.75) is 6.54 Å². The van der Waals surface area contributed by atoms with Crippen molar-refractivity contribution >= 4 is 39.2 Å². The van der Waals surface area contributed by atoms with E-state index in [1.165, 1.54) is 18.5 Å². The summed E-state index contributed by atoms with van der Waals surface area (Å²) in [6.07, 6.45) is 1.32. The summed E-state index contributed by atoms with van der Waals surface area (Å²) in [5.41, 5.74) is 6.44. The molecule has 1 aromatic heterocycles. The Labute approximate surface area is 117 Å². The van der Waals surface area contributed by atoms with Crippen LogP contribution in [0.3, 0.4) is 0 Å². The number of halogens is 3. The molecule has 0 saturated heterocycles. The number of aromatic nitrogens is 2. The molecule has 2 rings (SSSR count). The summed E-state index contributed by atoms with van der Waals surface area (Å²) in [4.78, 5) is 7.74. The molecule has 94 valence electrons. The molecule has 0 fully saturated rings. The summed E-state index contributed by atoms with van der Waals surface area (Å²) in [7, 11) is 0. The van der Waals surface area contributed by atoms with Gasteiger partial charge < -0.3 is 11.1 Å². The topological polar surface area (TPSA) is 63.8 Å². The van der Waals surface area contributed by atoms with Gasteiger partial charge in [0, 0.05) is 11.0 Å². The van der Waals surface area contributed by atoms with Gasteiger partial charge in [-0.15, -0.1) is 0 Å². The molecule has 2 aromatic rings. The minimum atomic E-state index is -0.296. The molecule has 1 heterocycles. The summed E-state index contributed by atoms with van der Waals surface area (Å²) >= 11 is 9.22. The Morgan fingerprint density at radius 2 is 2.17 bits per heavy atom. The highest BCUT2D eigenvalue weighted by atomic mass is 79.9. The Balaban J connectivity index is 2.14. The lowest BCUT2D eigenvalue weighted by molar-refractivity contribution is 0.626. The van der Waals surface area contributed by atoms with Crippen LogP contribution < -0.4 is 11.1 Å². The van der Waals surface area contributed by atoms with Crippen LogP contribution in [0.1, 0.15) is 5.56 Å². The molecule has 0 bridgehead atoms. The van der Waals surface area contributed by atoms with Crippen LogP contribution in [0.15, 0.2) is 29.0 Å². The predicted molar refractivity (Wildman–Crippen MR) is 72.9 cm³/mol. The normalized spacial score (nSPS) is 10.4. The first-order chi connectivity index (χ1) is 8.58. The highest BCUT2D eigenvalue weighted by Gasteiger charge is 2.07. The van der Waals surface area contributed by atoms with E-state index in [9.17, 15) is 4.39 Å². The van der Waals surface area contributed by atoms with E-state index in [0.29, 0.717) is 16.8 Å². The molecule has 0 aliphatic carbocycles. The molecule has 0 atom stereocenters. The second-order valence-corrected chi connectivity index (χ2v) is 4.74. The van der Waals surface area contributed by atoms with Gasteiger partial charge in [-0.25, -0.2) is 14.4 Å². The van der Waals surface area contributed by atoms with Crippen LogP contribution in [0.2, 0.25) is 5.02 Å². The second kappa shape index (κ2) is 5.49. The van der Waals surface area contributed by atoms with Crippen molar-refractivity contribution in [2.75, 3.05) is 11.1 Å². The molecule has 4 nitrogen and oxygen atoms in total. The summed E-state index contributed by atoms with van der Waals surface area (Å²) in [5, 5.41) is 3.29. The summed E-state index contributed by atoms with van der Waals surface area (Å²) < 4.78 is 13.6. The van der Waals surface area contributed by atoms with Gasteiger partial charge in [0.25, 0.3) is 0 Å². The van der Waals surface area contributed by atoms with Crippen molar-refractivity contribution in [1.82, 2.24) is 9.97 Å². The Morgan fingerprint density at radius 3 is 2.89 bits per heavy atom. The maximum absolute atomic E-state index is 12.9. The minimum Gasteiger partial charge on any atom is -0.382 e. The molecule has 3 N–H and O–H groups in total. The zero-order valence-corrected chi connectivity index (χ0v) is 11.5. The van der Waals surface area contributed by atoms with Crippen LogP contribution in [-0.2, 0) is 6.54 Å². The van der Waals surface area contributed by atoms with Crippen molar-refractivity contribution in [1.29, 1.82) is 0 Å². The highest BCUT2D eigenvalue weighted by molar-refractivity contribution is 9.10. The average molecular weight is 332 g/mol. The molecule has 0 amide bonds. The van der Waals surface area contributed by atoms with Crippen molar-refractivity contribution < 1.29 is 4.39 Å². The fourth-order valence-corrected chi connectivity index (χ4v) is 2.01. The van der Waals surface area contributed by atoms with Crippen LogP contribution in [0.4, 0.5) is 16.0 Å². The van der Waals surface area contributed by atoms with Gasteiger partial charge in [0.2, 0.25) is 0 Å². The number of anilines is 2. The molecular weight excluding hydrogens is 323 g/mol. The van der Waals surface area contributed by atoms with Crippen LogP contribution in [0.25, 0.3) is 0 Å². The van der Waals surface area contributed by atoms with Gasteiger partial charge in [0.1, 0.15) is 23.0 Å². The SMILES string of the molecule is Nc1ncnc(NCc2ccc(F)cc2Br)c1Cl. The van der Waals surface area contributed by atoms with Gasteiger partial charge in [0.05, 0.1) is 0 Å². The first-order valence-electron chi connectivity index (χ1n) is 5.01. The van der Waals surface area contributed by atoms with E-state index in [1.54, 1.807) is 6.07 Å². The van der Waals surface area contributed by atoms with Crippen molar-refractivity contribution in [3.63, 3.8) is 0 Å². The van der Waals surface area contributed by atoms with Gasteiger partial charge in [-0.3, -0.25) is 0 Å². The molecule has 0 saturated carbocycles. The van der Waals surface area contributed by atoms with E-state index in [4.69, 9.17) is 17.3 Å². The molecule has 0 unspecified atom stereocenters. The number of nitrogens with two attached hydrogens (primary N) is 1. The number of rotatable bonds is 3. The predicted octanol–water partition coefficient (Wildman–Crippen LogP) is 3.23. The van der Waals surface area contributed by atoms with Crippen molar-refractivity contribution in [3.05, 3.63) is 45.4 Å². The molecule has 0 spiro atoms. The van der Waals surface area contributed by atoms with Crippen LogP contribution in [0.5, 0.6) is 0 Å². The number of nitrogen functional groups attached to an aromatic ring is 1. The lowest BCUT2D eigenvalue weighted by Gasteiger charge is -2.09. The zero-order valence-electron chi connectivity index (χ0n) is 9.12. The Morgan fingerprint density at radius 1 is 1.39 bits per heavy atom. The summed E-state index contributed by atoms with van der Waals surface area (Å²) in [6.45, 7) is 0.442. The van der Waals surface area contributed by atoms with Crippen LogP contribution in [0, 0.1) is 5.82 Å². The minimum absolute atomic E-state index is 0.215. The van der Waals surface area contributed by atoms with Gasteiger partial charge >= 0.3 is 0 Å². The Kier molecular flexibility index (Phi) is 3.98. The molecule has 0 radical (unpaired) electrons. The van der Waals surface area contributed by atoms with Crippen molar-refractivity contribution in [3.8, 4) is 0 Å². The van der Waals surface area contributed by atoms with E-state index >= 15 is 0 Å². The first kappa shape index (κ1) is 13.0. The molecule has 18 heavy (non-hydrogen) atoms. The molecule has 0 aliphatic heterocycles. The summed E-state index contributed by atoms with van der Waals surface area (Å²) in [5.74, 6) is 0.364. The quantitative estimate of drug-likeness (QED) is 0.906. The molecular formula is C11H9BrClFN4.